The Labute approximate surface area is 113 Å². The van der Waals surface area contributed by atoms with Gasteiger partial charge in [0, 0.05) is 38.0 Å². The molecule has 19 heavy (non-hydrogen) atoms. The zero-order valence-corrected chi connectivity index (χ0v) is 11.3. The summed E-state index contributed by atoms with van der Waals surface area (Å²) in [5.41, 5.74) is 1.45. The van der Waals surface area contributed by atoms with E-state index in [0.717, 1.165) is 38.3 Å². The number of carbonyl (C=O) groups is 1. The van der Waals surface area contributed by atoms with Gasteiger partial charge in [-0.3, -0.25) is 9.78 Å². The number of nitrogens with one attached hydrogen (secondary N) is 2. The van der Waals surface area contributed by atoms with Gasteiger partial charge in [0.25, 0.3) is 5.91 Å². The zero-order chi connectivity index (χ0) is 13.5. The van der Waals surface area contributed by atoms with Crippen LogP contribution >= 0.6 is 0 Å². The molecule has 1 aliphatic rings. The van der Waals surface area contributed by atoms with Crippen molar-refractivity contribution in [2.24, 2.45) is 5.92 Å². The van der Waals surface area contributed by atoms with Crippen LogP contribution in [0.1, 0.15) is 30.1 Å². The summed E-state index contributed by atoms with van der Waals surface area (Å²) in [4.78, 5) is 16.2. The number of hydrogen-bond acceptors (Lipinski definition) is 4. The van der Waals surface area contributed by atoms with E-state index in [9.17, 15) is 4.79 Å². The number of nitrogens with zero attached hydrogens (tertiary/aromatic N) is 1. The van der Waals surface area contributed by atoms with Crippen LogP contribution < -0.4 is 10.6 Å². The van der Waals surface area contributed by atoms with Crippen LogP contribution in [0.25, 0.3) is 0 Å². The number of rotatable bonds is 6. The van der Waals surface area contributed by atoms with Gasteiger partial charge in [0.15, 0.2) is 0 Å². The van der Waals surface area contributed by atoms with Gasteiger partial charge >= 0.3 is 0 Å². The zero-order valence-electron chi connectivity index (χ0n) is 11.3. The van der Waals surface area contributed by atoms with E-state index >= 15 is 0 Å². The summed E-state index contributed by atoms with van der Waals surface area (Å²) in [6.45, 7) is 5.15. The van der Waals surface area contributed by atoms with Crippen LogP contribution in [0.2, 0.25) is 0 Å². The van der Waals surface area contributed by atoms with Crippen LogP contribution in [0, 0.1) is 5.92 Å². The highest BCUT2D eigenvalue weighted by Crippen LogP contribution is 2.15. The average Bonchev–Trinajstić information content (AvgIpc) is 2.96. The minimum Gasteiger partial charge on any atom is -0.384 e. The Kier molecular flexibility index (Phi) is 5.15. The SMILES string of the molecule is CCCNc1ccncc1C(=O)NCC1CCOC1. The van der Waals surface area contributed by atoms with Gasteiger partial charge in [-0.05, 0) is 18.9 Å². The molecule has 1 fully saturated rings. The molecule has 2 heterocycles. The quantitative estimate of drug-likeness (QED) is 0.819. The van der Waals surface area contributed by atoms with Crippen LogP contribution in [0.3, 0.4) is 0 Å². The van der Waals surface area contributed by atoms with Gasteiger partial charge in [-0.2, -0.15) is 0 Å². The van der Waals surface area contributed by atoms with Crippen LogP contribution in [0.4, 0.5) is 5.69 Å². The third-order valence-corrected chi connectivity index (χ3v) is 3.21. The topological polar surface area (TPSA) is 63.2 Å². The molecule has 1 aromatic heterocycles. The van der Waals surface area contributed by atoms with Crippen molar-refractivity contribution in [2.45, 2.75) is 19.8 Å². The summed E-state index contributed by atoms with van der Waals surface area (Å²) in [5.74, 6) is 0.367. The molecule has 0 aliphatic carbocycles. The van der Waals surface area contributed by atoms with Crippen LogP contribution in [0.15, 0.2) is 18.5 Å². The summed E-state index contributed by atoms with van der Waals surface area (Å²) in [6.07, 6.45) is 5.34. The van der Waals surface area contributed by atoms with Crippen molar-refractivity contribution < 1.29 is 9.53 Å². The van der Waals surface area contributed by atoms with Crippen molar-refractivity contribution in [3.63, 3.8) is 0 Å². The van der Waals surface area contributed by atoms with Gasteiger partial charge in [-0.15, -0.1) is 0 Å². The Balaban J connectivity index is 1.93. The third kappa shape index (κ3) is 3.92. The molecule has 1 unspecified atom stereocenters. The monoisotopic (exact) mass is 263 g/mol. The minimum absolute atomic E-state index is 0.0707. The molecule has 1 atom stereocenters. The van der Waals surface area contributed by atoms with E-state index < -0.39 is 0 Å². The van der Waals surface area contributed by atoms with Gasteiger partial charge in [0.05, 0.1) is 17.9 Å². The number of pyridine rings is 1. The number of anilines is 1. The lowest BCUT2D eigenvalue weighted by molar-refractivity contribution is 0.0945. The second kappa shape index (κ2) is 7.09. The van der Waals surface area contributed by atoms with Gasteiger partial charge in [-0.25, -0.2) is 0 Å². The molecule has 5 nitrogen and oxygen atoms in total. The lowest BCUT2D eigenvalue weighted by Crippen LogP contribution is -2.30. The second-order valence-electron chi connectivity index (χ2n) is 4.79. The highest BCUT2D eigenvalue weighted by Gasteiger charge is 2.18. The fourth-order valence-electron chi connectivity index (χ4n) is 2.07. The molecule has 0 saturated carbocycles. The van der Waals surface area contributed by atoms with Crippen molar-refractivity contribution in [1.29, 1.82) is 0 Å². The molecule has 0 radical (unpaired) electrons. The molecule has 5 heteroatoms. The minimum atomic E-state index is -0.0707. The first-order valence-corrected chi connectivity index (χ1v) is 6.85. The summed E-state index contributed by atoms with van der Waals surface area (Å²) >= 11 is 0. The largest absolute Gasteiger partial charge is 0.384 e. The van der Waals surface area contributed by atoms with E-state index in [1.165, 1.54) is 0 Å². The van der Waals surface area contributed by atoms with E-state index in [1.54, 1.807) is 12.4 Å². The van der Waals surface area contributed by atoms with Crippen molar-refractivity contribution in [3.05, 3.63) is 24.0 Å². The molecule has 0 aromatic carbocycles. The lowest BCUT2D eigenvalue weighted by Gasteiger charge is -2.13. The van der Waals surface area contributed by atoms with Crippen molar-refractivity contribution in [3.8, 4) is 0 Å². The Morgan fingerprint density at radius 1 is 1.58 bits per heavy atom. The smallest absolute Gasteiger partial charge is 0.254 e. The summed E-state index contributed by atoms with van der Waals surface area (Å²) in [7, 11) is 0. The van der Waals surface area contributed by atoms with Crippen LogP contribution in [-0.4, -0.2) is 37.2 Å². The molecular weight excluding hydrogens is 242 g/mol. The van der Waals surface area contributed by atoms with E-state index in [1.807, 2.05) is 6.07 Å². The number of aromatic nitrogens is 1. The van der Waals surface area contributed by atoms with Gasteiger partial charge in [-0.1, -0.05) is 6.92 Å². The first kappa shape index (κ1) is 13.8. The normalized spacial score (nSPS) is 18.3. The van der Waals surface area contributed by atoms with Gasteiger partial charge < -0.3 is 15.4 Å². The Morgan fingerprint density at radius 2 is 2.47 bits per heavy atom. The van der Waals surface area contributed by atoms with Gasteiger partial charge in [0.1, 0.15) is 0 Å². The predicted molar refractivity (Wildman–Crippen MR) is 74.3 cm³/mol. The highest BCUT2D eigenvalue weighted by atomic mass is 16.5. The summed E-state index contributed by atoms with van der Waals surface area (Å²) in [6, 6.07) is 1.84. The molecule has 0 bridgehead atoms. The van der Waals surface area contributed by atoms with Gasteiger partial charge in [0.2, 0.25) is 0 Å². The number of carbonyl (C=O) groups excluding carboxylic acids is 1. The number of amides is 1. The fraction of sp³-hybridized carbons (Fsp3) is 0.571. The molecule has 1 saturated heterocycles. The Morgan fingerprint density at radius 3 is 3.21 bits per heavy atom. The third-order valence-electron chi connectivity index (χ3n) is 3.21. The van der Waals surface area contributed by atoms with E-state index in [2.05, 4.69) is 22.5 Å². The van der Waals surface area contributed by atoms with E-state index in [-0.39, 0.29) is 5.91 Å². The van der Waals surface area contributed by atoms with Crippen molar-refractivity contribution >= 4 is 11.6 Å². The Hall–Kier alpha value is -1.62. The fourth-order valence-corrected chi connectivity index (χ4v) is 2.07. The number of ether oxygens (including phenoxy) is 1. The molecule has 1 aliphatic heterocycles. The molecule has 2 rings (SSSR count). The lowest BCUT2D eigenvalue weighted by atomic mass is 10.1. The first-order valence-electron chi connectivity index (χ1n) is 6.85. The maximum atomic E-state index is 12.2. The number of hydrogen-bond donors (Lipinski definition) is 2. The maximum Gasteiger partial charge on any atom is 0.254 e. The summed E-state index contributed by atoms with van der Waals surface area (Å²) in [5, 5.41) is 6.21. The molecule has 1 amide bonds. The maximum absolute atomic E-state index is 12.2. The molecular formula is C14H21N3O2. The second-order valence-corrected chi connectivity index (χ2v) is 4.79. The van der Waals surface area contributed by atoms with Crippen LogP contribution in [0.5, 0.6) is 0 Å². The molecule has 2 N–H and O–H groups in total. The highest BCUT2D eigenvalue weighted by molar-refractivity contribution is 5.99. The van der Waals surface area contributed by atoms with E-state index in [4.69, 9.17) is 4.74 Å². The average molecular weight is 263 g/mol. The summed E-state index contributed by atoms with van der Waals surface area (Å²) < 4.78 is 5.30. The van der Waals surface area contributed by atoms with Crippen molar-refractivity contribution in [1.82, 2.24) is 10.3 Å². The first-order chi connectivity index (χ1) is 9.31. The van der Waals surface area contributed by atoms with E-state index in [0.29, 0.717) is 18.0 Å². The van der Waals surface area contributed by atoms with Crippen molar-refractivity contribution in [2.75, 3.05) is 31.6 Å². The molecule has 1 aromatic rings. The standard InChI is InChI=1S/C14H21N3O2/c1-2-5-16-13-3-6-15-9-12(13)14(18)17-8-11-4-7-19-10-11/h3,6,9,11H,2,4-5,7-8,10H2,1H3,(H,15,16)(H,17,18). The molecule has 104 valence electrons. The Bertz CT molecular complexity index is 417. The van der Waals surface area contributed by atoms with Crippen LogP contribution in [-0.2, 0) is 4.74 Å². The predicted octanol–water partition coefficient (Wildman–Crippen LogP) is 1.67. The molecule has 0 spiro atoms.